The van der Waals surface area contributed by atoms with Gasteiger partial charge in [-0.05, 0) is 18.2 Å². The maximum atomic E-state index is 11.6. The summed E-state index contributed by atoms with van der Waals surface area (Å²) < 4.78 is 0. The zero-order valence-corrected chi connectivity index (χ0v) is 7.37. The standard InChI is InChI=1S/C11H8N2O/c14-11-8-2-1-3-9-10(8)7(6-13-9)4-5-12-11/h1-6,13H,(H,12,14). The monoisotopic (exact) mass is 184 g/mol. The molecule has 2 aromatic rings. The molecule has 0 aliphatic carbocycles. The minimum atomic E-state index is -0.0507. The van der Waals surface area contributed by atoms with Crippen molar-refractivity contribution >= 4 is 22.9 Å². The number of carbonyl (C=O) groups excluding carboxylic acids is 1. The van der Waals surface area contributed by atoms with Gasteiger partial charge in [0.1, 0.15) is 0 Å². The molecule has 14 heavy (non-hydrogen) atoms. The quantitative estimate of drug-likeness (QED) is 0.645. The number of benzene rings is 1. The van der Waals surface area contributed by atoms with Crippen molar-refractivity contribution in [3.05, 3.63) is 41.7 Å². The second kappa shape index (κ2) is 2.48. The van der Waals surface area contributed by atoms with Crippen molar-refractivity contribution < 1.29 is 4.79 Å². The van der Waals surface area contributed by atoms with Gasteiger partial charge < -0.3 is 10.3 Å². The minimum absolute atomic E-state index is 0.0507. The van der Waals surface area contributed by atoms with Gasteiger partial charge >= 0.3 is 0 Å². The fraction of sp³-hybridized carbons (Fsp3) is 0. The van der Waals surface area contributed by atoms with Crippen LogP contribution in [0.5, 0.6) is 0 Å². The molecule has 0 radical (unpaired) electrons. The third-order valence-electron chi connectivity index (χ3n) is 2.46. The first-order chi connectivity index (χ1) is 6.86. The van der Waals surface area contributed by atoms with Gasteiger partial charge in [-0.25, -0.2) is 0 Å². The third-order valence-corrected chi connectivity index (χ3v) is 2.46. The van der Waals surface area contributed by atoms with Gasteiger partial charge in [0.25, 0.3) is 5.91 Å². The van der Waals surface area contributed by atoms with Crippen molar-refractivity contribution in [1.29, 1.82) is 0 Å². The van der Waals surface area contributed by atoms with Crippen molar-refractivity contribution in [2.45, 2.75) is 0 Å². The number of nitrogens with one attached hydrogen (secondary N) is 2. The van der Waals surface area contributed by atoms with Gasteiger partial charge in [0.05, 0.1) is 0 Å². The van der Waals surface area contributed by atoms with E-state index in [0.29, 0.717) is 0 Å². The van der Waals surface area contributed by atoms with E-state index < -0.39 is 0 Å². The van der Waals surface area contributed by atoms with Gasteiger partial charge in [-0.2, -0.15) is 0 Å². The molecule has 2 N–H and O–H groups in total. The van der Waals surface area contributed by atoms with E-state index in [1.807, 2.05) is 30.5 Å². The minimum Gasteiger partial charge on any atom is -0.361 e. The molecule has 1 amide bonds. The molecule has 1 aliphatic rings. The van der Waals surface area contributed by atoms with E-state index in [9.17, 15) is 4.79 Å². The lowest BCUT2D eigenvalue weighted by atomic mass is 10.1. The lowest BCUT2D eigenvalue weighted by Crippen LogP contribution is -2.15. The van der Waals surface area contributed by atoms with Crippen LogP contribution >= 0.6 is 0 Å². The largest absolute Gasteiger partial charge is 0.361 e. The number of carbonyl (C=O) groups is 1. The lowest BCUT2D eigenvalue weighted by molar-refractivity contribution is 0.0972. The van der Waals surface area contributed by atoms with Crippen LogP contribution in [0.25, 0.3) is 17.0 Å². The van der Waals surface area contributed by atoms with E-state index in [0.717, 1.165) is 22.0 Å². The summed E-state index contributed by atoms with van der Waals surface area (Å²) in [5, 5.41) is 3.70. The van der Waals surface area contributed by atoms with Gasteiger partial charge in [0, 0.05) is 34.4 Å². The highest BCUT2D eigenvalue weighted by atomic mass is 16.1. The summed E-state index contributed by atoms with van der Waals surface area (Å²) in [7, 11) is 0. The fourth-order valence-electron chi connectivity index (χ4n) is 1.82. The summed E-state index contributed by atoms with van der Waals surface area (Å²) in [4.78, 5) is 14.8. The zero-order chi connectivity index (χ0) is 9.54. The maximum absolute atomic E-state index is 11.6. The predicted octanol–water partition coefficient (Wildman–Crippen LogP) is 1.88. The van der Waals surface area contributed by atoms with Crippen molar-refractivity contribution in [2.75, 3.05) is 0 Å². The summed E-state index contributed by atoms with van der Waals surface area (Å²) in [5.41, 5.74) is 2.77. The molecular formula is C11H8N2O. The molecule has 68 valence electrons. The molecule has 0 atom stereocenters. The van der Waals surface area contributed by atoms with E-state index in [1.54, 1.807) is 6.20 Å². The van der Waals surface area contributed by atoms with Crippen LogP contribution in [0.2, 0.25) is 0 Å². The Morgan fingerprint density at radius 1 is 1.21 bits per heavy atom. The average molecular weight is 184 g/mol. The highest BCUT2D eigenvalue weighted by molar-refractivity contribution is 6.10. The number of rotatable bonds is 0. The van der Waals surface area contributed by atoms with E-state index in [2.05, 4.69) is 10.3 Å². The summed E-state index contributed by atoms with van der Waals surface area (Å²) >= 11 is 0. The van der Waals surface area contributed by atoms with Gasteiger partial charge in [0.2, 0.25) is 0 Å². The Bertz CT molecular complexity index is 551. The second-order valence-electron chi connectivity index (χ2n) is 3.28. The maximum Gasteiger partial charge on any atom is 0.255 e. The lowest BCUT2D eigenvalue weighted by Gasteiger charge is -1.99. The average Bonchev–Trinajstić information content (AvgIpc) is 2.53. The molecule has 3 nitrogen and oxygen atoms in total. The number of amides is 1. The summed E-state index contributed by atoms with van der Waals surface area (Å²) in [6.07, 6.45) is 5.48. The highest BCUT2D eigenvalue weighted by Crippen LogP contribution is 2.24. The molecule has 1 aromatic heterocycles. The predicted molar refractivity (Wildman–Crippen MR) is 54.8 cm³/mol. The molecule has 0 bridgehead atoms. The van der Waals surface area contributed by atoms with Gasteiger partial charge in [-0.15, -0.1) is 0 Å². The van der Waals surface area contributed by atoms with Gasteiger partial charge in [-0.1, -0.05) is 6.07 Å². The second-order valence-corrected chi connectivity index (χ2v) is 3.28. The number of hydrogen-bond acceptors (Lipinski definition) is 1. The molecule has 2 heterocycles. The van der Waals surface area contributed by atoms with Gasteiger partial charge in [0.15, 0.2) is 0 Å². The molecule has 0 saturated carbocycles. The Labute approximate surface area is 80.4 Å². The summed E-state index contributed by atoms with van der Waals surface area (Å²) in [5.74, 6) is -0.0507. The molecule has 0 saturated heterocycles. The van der Waals surface area contributed by atoms with E-state index in [4.69, 9.17) is 0 Å². The Kier molecular flexibility index (Phi) is 1.31. The Balaban J connectivity index is 2.52. The Morgan fingerprint density at radius 3 is 3.07 bits per heavy atom. The topological polar surface area (TPSA) is 44.9 Å². The van der Waals surface area contributed by atoms with Crippen LogP contribution in [0.3, 0.4) is 0 Å². The third kappa shape index (κ3) is 0.836. The highest BCUT2D eigenvalue weighted by Gasteiger charge is 2.14. The molecule has 0 unspecified atom stereocenters. The number of aromatic nitrogens is 1. The van der Waals surface area contributed by atoms with E-state index >= 15 is 0 Å². The van der Waals surface area contributed by atoms with Crippen LogP contribution in [-0.4, -0.2) is 10.9 Å². The molecule has 3 rings (SSSR count). The van der Waals surface area contributed by atoms with Crippen molar-refractivity contribution in [3.8, 4) is 0 Å². The van der Waals surface area contributed by atoms with Crippen LogP contribution in [0, 0.1) is 0 Å². The fourth-order valence-corrected chi connectivity index (χ4v) is 1.82. The Hall–Kier alpha value is -2.03. The molecular weight excluding hydrogens is 176 g/mol. The zero-order valence-electron chi connectivity index (χ0n) is 7.37. The van der Waals surface area contributed by atoms with Crippen molar-refractivity contribution in [3.63, 3.8) is 0 Å². The van der Waals surface area contributed by atoms with Crippen LogP contribution in [0.4, 0.5) is 0 Å². The Morgan fingerprint density at radius 2 is 2.14 bits per heavy atom. The molecule has 3 heteroatoms. The van der Waals surface area contributed by atoms with Gasteiger partial charge in [-0.3, -0.25) is 4.79 Å². The molecule has 0 fully saturated rings. The van der Waals surface area contributed by atoms with E-state index in [1.165, 1.54) is 0 Å². The number of aromatic amines is 1. The van der Waals surface area contributed by atoms with Crippen molar-refractivity contribution in [1.82, 2.24) is 10.3 Å². The number of hydrogen-bond donors (Lipinski definition) is 2. The van der Waals surface area contributed by atoms with Crippen LogP contribution in [-0.2, 0) is 0 Å². The first-order valence-electron chi connectivity index (χ1n) is 4.44. The van der Waals surface area contributed by atoms with Crippen LogP contribution in [0.1, 0.15) is 15.9 Å². The molecule has 1 aliphatic heterocycles. The number of H-pyrrole nitrogens is 1. The normalized spacial score (nSPS) is 14.1. The summed E-state index contributed by atoms with van der Waals surface area (Å²) in [6.45, 7) is 0. The summed E-state index contributed by atoms with van der Waals surface area (Å²) in [6, 6.07) is 5.68. The first-order valence-corrected chi connectivity index (χ1v) is 4.44. The van der Waals surface area contributed by atoms with Crippen LogP contribution in [0.15, 0.2) is 30.6 Å². The van der Waals surface area contributed by atoms with Crippen LogP contribution < -0.4 is 5.32 Å². The first kappa shape index (κ1) is 7.38. The molecule has 1 aromatic carbocycles. The van der Waals surface area contributed by atoms with Crippen molar-refractivity contribution in [2.24, 2.45) is 0 Å². The SMILES string of the molecule is O=C1NC=Cc2c[nH]c3cccc1c23. The smallest absolute Gasteiger partial charge is 0.255 e. The molecule has 0 spiro atoms. The van der Waals surface area contributed by atoms with E-state index in [-0.39, 0.29) is 5.91 Å².